The first-order valence-electron chi connectivity index (χ1n) is 11.0. The molecule has 2 aromatic carbocycles. The number of hydrogen-bond acceptors (Lipinski definition) is 7. The Morgan fingerprint density at radius 1 is 1.11 bits per heavy atom. The van der Waals surface area contributed by atoms with Crippen LogP contribution in [0.2, 0.25) is 0 Å². The number of carbonyl (C=O) groups excluding carboxylic acids is 2. The number of benzene rings is 2. The molecule has 0 radical (unpaired) electrons. The summed E-state index contributed by atoms with van der Waals surface area (Å²) in [5.41, 5.74) is 1.60. The number of nitriles is 1. The van der Waals surface area contributed by atoms with Crippen LogP contribution in [-0.4, -0.2) is 39.9 Å². The quantitative estimate of drug-likeness (QED) is 0.490. The summed E-state index contributed by atoms with van der Waals surface area (Å²) < 4.78 is 12.2. The lowest BCUT2D eigenvalue weighted by molar-refractivity contribution is -0.122. The van der Waals surface area contributed by atoms with Gasteiger partial charge in [0, 0.05) is 30.1 Å². The lowest BCUT2D eigenvalue weighted by atomic mass is 10.1. The average Bonchev–Trinajstić information content (AvgIpc) is 3.61. The van der Waals surface area contributed by atoms with E-state index < -0.39 is 5.92 Å². The van der Waals surface area contributed by atoms with E-state index in [0.717, 1.165) is 10.9 Å². The largest absolute Gasteiger partial charge is 0.454 e. The van der Waals surface area contributed by atoms with Crippen LogP contribution in [0.5, 0.6) is 11.5 Å². The molecule has 1 N–H and O–H groups in total. The van der Waals surface area contributed by atoms with Crippen molar-refractivity contribution in [2.75, 3.05) is 23.6 Å². The second kappa shape index (κ2) is 8.14. The summed E-state index contributed by atoms with van der Waals surface area (Å²) in [6.07, 6.45) is 1.43. The van der Waals surface area contributed by atoms with Gasteiger partial charge in [0.1, 0.15) is 11.6 Å². The van der Waals surface area contributed by atoms with Crippen LogP contribution in [-0.2, 0) is 9.59 Å². The smallest absolute Gasteiger partial charge is 0.231 e. The van der Waals surface area contributed by atoms with E-state index >= 15 is 0 Å². The molecule has 4 heterocycles. The topological polar surface area (TPSA) is 122 Å². The minimum absolute atomic E-state index is 0.0462. The number of para-hydroxylation sites is 1. The van der Waals surface area contributed by atoms with Gasteiger partial charge in [-0.05, 0) is 30.3 Å². The second-order valence-electron chi connectivity index (χ2n) is 8.22. The summed E-state index contributed by atoms with van der Waals surface area (Å²) in [6.45, 7) is 0.341. The second-order valence-corrected chi connectivity index (χ2v) is 8.22. The van der Waals surface area contributed by atoms with Gasteiger partial charge in [-0.3, -0.25) is 9.59 Å². The fourth-order valence-electron chi connectivity index (χ4n) is 4.30. The molecule has 4 aromatic rings. The molecule has 0 saturated carbocycles. The monoisotopic (exact) mass is 466 g/mol. The van der Waals surface area contributed by atoms with Crippen molar-refractivity contribution >= 4 is 34.2 Å². The highest BCUT2D eigenvalue weighted by Crippen LogP contribution is 2.37. The maximum absolute atomic E-state index is 13.2. The first-order valence-corrected chi connectivity index (χ1v) is 11.0. The van der Waals surface area contributed by atoms with Crippen LogP contribution < -0.4 is 19.7 Å². The number of nitrogens with one attached hydrogen (secondary N) is 1. The number of nitrogens with zero attached hydrogens (tertiary/aromatic N) is 5. The molecule has 2 aromatic heterocycles. The van der Waals surface area contributed by atoms with Crippen molar-refractivity contribution in [3.05, 3.63) is 66.4 Å². The van der Waals surface area contributed by atoms with Crippen LogP contribution >= 0.6 is 0 Å². The van der Waals surface area contributed by atoms with Crippen molar-refractivity contribution in [2.24, 2.45) is 5.92 Å². The molecular weight excluding hydrogens is 448 g/mol. The first-order chi connectivity index (χ1) is 17.1. The molecular formula is C25H18N6O4. The summed E-state index contributed by atoms with van der Waals surface area (Å²) in [5, 5.41) is 17.6. The number of amides is 2. The summed E-state index contributed by atoms with van der Waals surface area (Å²) in [7, 11) is 0. The van der Waals surface area contributed by atoms with Gasteiger partial charge in [0.15, 0.2) is 23.1 Å². The molecule has 0 bridgehead atoms. The van der Waals surface area contributed by atoms with Crippen molar-refractivity contribution in [1.82, 2.24) is 14.8 Å². The average molecular weight is 466 g/mol. The third-order valence-corrected chi connectivity index (χ3v) is 6.10. The summed E-state index contributed by atoms with van der Waals surface area (Å²) >= 11 is 0. The van der Waals surface area contributed by atoms with Crippen molar-refractivity contribution in [3.63, 3.8) is 0 Å². The summed E-state index contributed by atoms with van der Waals surface area (Å²) in [6, 6.07) is 18.6. The lowest BCUT2D eigenvalue weighted by Crippen LogP contribution is -2.28. The summed E-state index contributed by atoms with van der Waals surface area (Å²) in [4.78, 5) is 32.1. The van der Waals surface area contributed by atoms with Gasteiger partial charge in [-0.25, -0.2) is 4.98 Å². The van der Waals surface area contributed by atoms with E-state index in [4.69, 9.17) is 9.47 Å². The third-order valence-electron chi connectivity index (χ3n) is 6.10. The minimum Gasteiger partial charge on any atom is -0.454 e. The molecule has 1 unspecified atom stereocenters. The number of hydrogen-bond donors (Lipinski definition) is 1. The Hall–Kier alpha value is -4.91. The standard InChI is InChI=1S/C25H18N6O4/c26-11-17-12-27-31(22-8-5-15-3-1-2-4-19(15)28-22)24(17)29-25(33)16-9-23(32)30(13-16)18-6-7-20-21(10-18)35-14-34-20/h1-8,10,12,16H,9,13-14H2,(H,29,33). The zero-order valence-corrected chi connectivity index (χ0v) is 18.3. The van der Waals surface area contributed by atoms with E-state index in [0.29, 0.717) is 23.0 Å². The number of anilines is 2. The van der Waals surface area contributed by atoms with Crippen LogP contribution in [0.4, 0.5) is 11.5 Å². The zero-order chi connectivity index (χ0) is 23.9. The number of rotatable bonds is 4. The molecule has 0 aliphatic carbocycles. The van der Waals surface area contributed by atoms with Gasteiger partial charge in [0.2, 0.25) is 18.6 Å². The fraction of sp³-hybridized carbons (Fsp3) is 0.160. The molecule has 35 heavy (non-hydrogen) atoms. The van der Waals surface area contributed by atoms with E-state index in [2.05, 4.69) is 21.5 Å². The fourth-order valence-corrected chi connectivity index (χ4v) is 4.30. The van der Waals surface area contributed by atoms with Crippen LogP contribution in [0.15, 0.2) is 60.8 Å². The van der Waals surface area contributed by atoms with Gasteiger partial charge in [0.05, 0.1) is 17.6 Å². The Morgan fingerprint density at radius 2 is 1.97 bits per heavy atom. The number of pyridine rings is 1. The third kappa shape index (κ3) is 3.59. The maximum Gasteiger partial charge on any atom is 0.231 e. The normalized spacial score (nSPS) is 16.5. The van der Waals surface area contributed by atoms with Gasteiger partial charge >= 0.3 is 0 Å². The molecule has 6 rings (SSSR count). The molecule has 2 aliphatic heterocycles. The molecule has 2 amide bonds. The zero-order valence-electron chi connectivity index (χ0n) is 18.3. The Labute approximate surface area is 199 Å². The van der Waals surface area contributed by atoms with E-state index in [1.807, 2.05) is 30.3 Å². The molecule has 1 fully saturated rings. The Bertz CT molecular complexity index is 1540. The molecule has 0 spiro atoms. The van der Waals surface area contributed by atoms with Gasteiger partial charge in [-0.15, -0.1) is 0 Å². The molecule has 172 valence electrons. The van der Waals surface area contributed by atoms with E-state index in [1.54, 1.807) is 29.2 Å². The highest BCUT2D eigenvalue weighted by Gasteiger charge is 2.36. The summed E-state index contributed by atoms with van der Waals surface area (Å²) in [5.74, 6) is 0.712. The highest BCUT2D eigenvalue weighted by atomic mass is 16.7. The van der Waals surface area contributed by atoms with Crippen molar-refractivity contribution in [1.29, 1.82) is 5.26 Å². The predicted octanol–water partition coefficient (Wildman–Crippen LogP) is 3.01. The lowest BCUT2D eigenvalue weighted by Gasteiger charge is -2.17. The SMILES string of the molecule is N#Cc1cnn(-c2ccc3ccccc3n2)c1NC(=O)C1CC(=O)N(c2ccc3c(c2)OCO3)C1. The molecule has 10 heteroatoms. The minimum atomic E-state index is -0.604. The van der Waals surface area contributed by atoms with Crippen LogP contribution in [0, 0.1) is 17.2 Å². The highest BCUT2D eigenvalue weighted by molar-refractivity contribution is 6.03. The van der Waals surface area contributed by atoms with E-state index in [9.17, 15) is 14.9 Å². The number of carbonyl (C=O) groups is 2. The van der Waals surface area contributed by atoms with Crippen LogP contribution in [0.25, 0.3) is 16.7 Å². The maximum atomic E-state index is 13.2. The Kier molecular flexibility index (Phi) is 4.81. The van der Waals surface area contributed by atoms with Crippen LogP contribution in [0.3, 0.4) is 0 Å². The number of fused-ring (bicyclic) bond motifs is 2. The van der Waals surface area contributed by atoms with Crippen LogP contribution in [0.1, 0.15) is 12.0 Å². The Morgan fingerprint density at radius 3 is 2.86 bits per heavy atom. The molecule has 2 aliphatic rings. The molecule has 1 atom stereocenters. The van der Waals surface area contributed by atoms with Crippen molar-refractivity contribution < 1.29 is 19.1 Å². The van der Waals surface area contributed by atoms with Crippen molar-refractivity contribution in [3.8, 4) is 23.4 Å². The van der Waals surface area contributed by atoms with Gasteiger partial charge in [-0.2, -0.15) is 15.0 Å². The first kappa shape index (κ1) is 20.7. The molecule has 1 saturated heterocycles. The van der Waals surface area contributed by atoms with E-state index in [1.165, 1.54) is 10.9 Å². The van der Waals surface area contributed by atoms with Crippen molar-refractivity contribution in [2.45, 2.75) is 6.42 Å². The predicted molar refractivity (Wildman–Crippen MR) is 125 cm³/mol. The van der Waals surface area contributed by atoms with Gasteiger partial charge in [0.25, 0.3) is 0 Å². The van der Waals surface area contributed by atoms with E-state index in [-0.39, 0.29) is 43.0 Å². The Balaban J connectivity index is 1.25. The van der Waals surface area contributed by atoms with Gasteiger partial charge < -0.3 is 19.7 Å². The number of aromatic nitrogens is 3. The van der Waals surface area contributed by atoms with Gasteiger partial charge in [-0.1, -0.05) is 18.2 Å². The molecule has 10 nitrogen and oxygen atoms in total. The number of ether oxygens (including phenoxy) is 2.